The standard InChI is InChI=1S/C11H16O2.C11H12O2/c2*1-9(2)11(12)13-8-10-6-4-3-5-7-10/h3-4,10H,1,5-8H2,2H3;3-7H,1,8H2,2H3. The van der Waals surface area contributed by atoms with Crippen LogP contribution in [0.4, 0.5) is 0 Å². The van der Waals surface area contributed by atoms with E-state index < -0.39 is 0 Å². The van der Waals surface area contributed by atoms with Crippen molar-refractivity contribution in [2.75, 3.05) is 6.61 Å². The Hall–Kier alpha value is -2.62. The number of rotatable bonds is 6. The molecule has 140 valence electrons. The third kappa shape index (κ3) is 9.02. The number of benzene rings is 1. The van der Waals surface area contributed by atoms with Crippen molar-refractivity contribution in [3.8, 4) is 0 Å². The van der Waals surface area contributed by atoms with E-state index in [4.69, 9.17) is 9.47 Å². The molecule has 4 heteroatoms. The summed E-state index contributed by atoms with van der Waals surface area (Å²) in [5, 5.41) is 0. The third-order valence-corrected chi connectivity index (χ3v) is 3.74. The zero-order valence-corrected chi connectivity index (χ0v) is 15.7. The fourth-order valence-corrected chi connectivity index (χ4v) is 2.17. The maximum Gasteiger partial charge on any atom is 0.333 e. The summed E-state index contributed by atoms with van der Waals surface area (Å²) < 4.78 is 10.0. The number of hydrogen-bond acceptors (Lipinski definition) is 4. The van der Waals surface area contributed by atoms with Crippen LogP contribution in [-0.2, 0) is 25.7 Å². The topological polar surface area (TPSA) is 52.6 Å². The molecule has 1 atom stereocenters. The van der Waals surface area contributed by atoms with Crippen LogP contribution in [0.1, 0.15) is 38.7 Å². The molecule has 0 bridgehead atoms. The first-order valence-corrected chi connectivity index (χ1v) is 8.74. The van der Waals surface area contributed by atoms with E-state index in [9.17, 15) is 9.59 Å². The Morgan fingerprint density at radius 3 is 2.15 bits per heavy atom. The second-order valence-corrected chi connectivity index (χ2v) is 6.37. The minimum atomic E-state index is -0.344. The normalized spacial score (nSPS) is 15.2. The molecule has 1 aliphatic rings. The number of carbonyl (C=O) groups is 2. The molecule has 0 saturated carbocycles. The molecule has 0 radical (unpaired) electrons. The summed E-state index contributed by atoms with van der Waals surface area (Å²) in [4.78, 5) is 22.0. The number of ether oxygens (including phenoxy) is 2. The van der Waals surface area contributed by atoms with Gasteiger partial charge in [0.1, 0.15) is 6.61 Å². The molecule has 1 aliphatic carbocycles. The van der Waals surface area contributed by atoms with E-state index in [0.717, 1.165) is 24.8 Å². The molecule has 0 fully saturated rings. The van der Waals surface area contributed by atoms with Gasteiger partial charge in [0.05, 0.1) is 6.61 Å². The van der Waals surface area contributed by atoms with Gasteiger partial charge in [-0.05, 0) is 44.6 Å². The Morgan fingerprint density at radius 1 is 1.00 bits per heavy atom. The van der Waals surface area contributed by atoms with Gasteiger partial charge in [0.2, 0.25) is 0 Å². The van der Waals surface area contributed by atoms with Crippen LogP contribution in [0, 0.1) is 5.92 Å². The Bertz CT molecular complexity index is 643. The molecular formula is C22H28O4. The summed E-state index contributed by atoms with van der Waals surface area (Å²) >= 11 is 0. The highest BCUT2D eigenvalue weighted by Gasteiger charge is 2.12. The number of esters is 2. The lowest BCUT2D eigenvalue weighted by Crippen LogP contribution is -2.15. The van der Waals surface area contributed by atoms with Crippen molar-refractivity contribution in [1.29, 1.82) is 0 Å². The lowest BCUT2D eigenvalue weighted by atomic mass is 9.95. The summed E-state index contributed by atoms with van der Waals surface area (Å²) in [5.74, 6) is -0.105. The molecule has 0 aliphatic heterocycles. The van der Waals surface area contributed by atoms with Gasteiger partial charge in [0, 0.05) is 11.1 Å². The van der Waals surface area contributed by atoms with Crippen molar-refractivity contribution < 1.29 is 19.1 Å². The molecule has 0 aromatic heterocycles. The molecule has 26 heavy (non-hydrogen) atoms. The SMILES string of the molecule is C=C(C)C(=O)OCC1CC=CCC1.C=C(C)C(=O)OCc1ccccc1. The van der Waals surface area contributed by atoms with Gasteiger partial charge in [-0.1, -0.05) is 55.6 Å². The third-order valence-electron chi connectivity index (χ3n) is 3.74. The van der Waals surface area contributed by atoms with E-state index in [1.165, 1.54) is 0 Å². The van der Waals surface area contributed by atoms with Crippen LogP contribution < -0.4 is 0 Å². The first-order valence-electron chi connectivity index (χ1n) is 8.74. The molecule has 1 unspecified atom stereocenters. The van der Waals surface area contributed by atoms with Crippen molar-refractivity contribution in [3.63, 3.8) is 0 Å². The van der Waals surface area contributed by atoms with Gasteiger partial charge in [0.25, 0.3) is 0 Å². The van der Waals surface area contributed by atoms with E-state index in [2.05, 4.69) is 25.3 Å². The van der Waals surface area contributed by atoms with E-state index in [1.54, 1.807) is 13.8 Å². The summed E-state index contributed by atoms with van der Waals surface area (Å²) in [6.45, 7) is 11.2. The molecule has 4 nitrogen and oxygen atoms in total. The van der Waals surface area contributed by atoms with E-state index in [1.807, 2.05) is 30.3 Å². The first-order chi connectivity index (χ1) is 12.4. The predicted octanol–water partition coefficient (Wildman–Crippen LogP) is 4.77. The Kier molecular flexibility index (Phi) is 9.77. The Balaban J connectivity index is 0.000000260. The number of carbonyl (C=O) groups excluding carboxylic acids is 2. The van der Waals surface area contributed by atoms with Crippen LogP contribution in [0.2, 0.25) is 0 Å². The number of hydrogen-bond donors (Lipinski definition) is 0. The summed E-state index contributed by atoms with van der Waals surface area (Å²) in [5.41, 5.74) is 1.89. The highest BCUT2D eigenvalue weighted by atomic mass is 16.5. The van der Waals surface area contributed by atoms with Crippen LogP contribution in [-0.4, -0.2) is 18.5 Å². The zero-order chi connectivity index (χ0) is 19.4. The van der Waals surface area contributed by atoms with Crippen LogP contribution in [0.25, 0.3) is 0 Å². The average molecular weight is 356 g/mol. The monoisotopic (exact) mass is 356 g/mol. The summed E-state index contributed by atoms with van der Waals surface area (Å²) in [6, 6.07) is 9.55. The molecule has 0 heterocycles. The molecule has 1 aromatic rings. The molecule has 0 N–H and O–H groups in total. The fraction of sp³-hybridized carbons (Fsp3) is 0.364. The maximum atomic E-state index is 11.0. The zero-order valence-electron chi connectivity index (χ0n) is 15.7. The van der Waals surface area contributed by atoms with Crippen LogP contribution in [0.5, 0.6) is 0 Å². The summed E-state index contributed by atoms with van der Waals surface area (Å²) in [6.07, 6.45) is 7.60. The fourth-order valence-electron chi connectivity index (χ4n) is 2.17. The minimum absolute atomic E-state index is 0.269. The lowest BCUT2D eigenvalue weighted by molar-refractivity contribution is -0.141. The van der Waals surface area contributed by atoms with Crippen LogP contribution in [0.15, 0.2) is 66.8 Å². The van der Waals surface area contributed by atoms with Crippen molar-refractivity contribution in [3.05, 3.63) is 72.4 Å². The highest BCUT2D eigenvalue weighted by molar-refractivity contribution is 5.87. The van der Waals surface area contributed by atoms with E-state index in [0.29, 0.717) is 30.3 Å². The average Bonchev–Trinajstić information content (AvgIpc) is 2.66. The maximum absolute atomic E-state index is 11.0. The van der Waals surface area contributed by atoms with Gasteiger partial charge < -0.3 is 9.47 Å². The predicted molar refractivity (Wildman–Crippen MR) is 103 cm³/mol. The number of allylic oxidation sites excluding steroid dienone is 2. The summed E-state index contributed by atoms with van der Waals surface area (Å²) in [7, 11) is 0. The van der Waals surface area contributed by atoms with Gasteiger partial charge in [-0.15, -0.1) is 0 Å². The van der Waals surface area contributed by atoms with Gasteiger partial charge in [-0.2, -0.15) is 0 Å². The van der Waals surface area contributed by atoms with Crippen molar-refractivity contribution >= 4 is 11.9 Å². The van der Waals surface area contributed by atoms with Gasteiger partial charge >= 0.3 is 11.9 Å². The van der Waals surface area contributed by atoms with Crippen LogP contribution in [0.3, 0.4) is 0 Å². The molecule has 1 aromatic carbocycles. The molecular weight excluding hydrogens is 328 g/mol. The molecule has 0 saturated heterocycles. The first kappa shape index (κ1) is 21.4. The smallest absolute Gasteiger partial charge is 0.333 e. The lowest BCUT2D eigenvalue weighted by Gasteiger charge is -2.17. The minimum Gasteiger partial charge on any atom is -0.462 e. The molecule has 2 rings (SSSR count). The van der Waals surface area contributed by atoms with Gasteiger partial charge in [0.15, 0.2) is 0 Å². The highest BCUT2D eigenvalue weighted by Crippen LogP contribution is 2.18. The van der Waals surface area contributed by atoms with E-state index >= 15 is 0 Å². The second-order valence-electron chi connectivity index (χ2n) is 6.37. The van der Waals surface area contributed by atoms with Crippen molar-refractivity contribution in [2.24, 2.45) is 5.92 Å². The quantitative estimate of drug-likeness (QED) is 0.419. The van der Waals surface area contributed by atoms with Gasteiger partial charge in [-0.3, -0.25) is 0 Å². The second kappa shape index (κ2) is 11.9. The Morgan fingerprint density at radius 2 is 1.62 bits per heavy atom. The molecule has 0 spiro atoms. The van der Waals surface area contributed by atoms with Crippen LogP contribution >= 0.6 is 0 Å². The molecule has 0 amide bonds. The van der Waals surface area contributed by atoms with Crippen molar-refractivity contribution in [1.82, 2.24) is 0 Å². The Labute approximate surface area is 156 Å². The van der Waals surface area contributed by atoms with E-state index in [-0.39, 0.29) is 11.9 Å². The largest absolute Gasteiger partial charge is 0.462 e. The van der Waals surface area contributed by atoms with Gasteiger partial charge in [-0.25, -0.2) is 9.59 Å². The van der Waals surface area contributed by atoms with Crippen molar-refractivity contribution in [2.45, 2.75) is 39.7 Å².